The molecular weight excluding hydrogens is 552 g/mol. The van der Waals surface area contributed by atoms with E-state index in [0.29, 0.717) is 11.1 Å². The Kier molecular flexibility index (Phi) is 11.7. The number of benzene rings is 3. The van der Waals surface area contributed by atoms with Crippen LogP contribution in [0.15, 0.2) is 78.9 Å². The topological polar surface area (TPSA) is 191 Å². The van der Waals surface area contributed by atoms with Crippen LogP contribution in [0.4, 0.5) is 0 Å². The molecule has 8 N–H and O–H groups in total. The monoisotopic (exact) mass is 590 g/mol. The number of rotatable bonds is 14. The van der Waals surface area contributed by atoms with E-state index in [2.05, 4.69) is 16.0 Å². The van der Waals surface area contributed by atoms with Gasteiger partial charge in [-0.1, -0.05) is 68.4 Å². The Morgan fingerprint density at radius 3 is 1.60 bits per heavy atom. The van der Waals surface area contributed by atoms with Gasteiger partial charge in [-0.25, -0.2) is 4.79 Å². The number of phenolic OH excluding ortho intramolecular Hbond substituents is 2. The van der Waals surface area contributed by atoms with Crippen LogP contribution in [-0.4, -0.2) is 63.2 Å². The molecule has 228 valence electrons. The number of carboxylic acids is 1. The molecule has 0 saturated carbocycles. The molecule has 0 aliphatic carbocycles. The van der Waals surface area contributed by atoms with Gasteiger partial charge in [-0.15, -0.1) is 0 Å². The largest absolute Gasteiger partial charge is 0.508 e. The molecule has 0 radical (unpaired) electrons. The number of carbonyl (C=O) groups excluding carboxylic acids is 3. The average molecular weight is 591 g/mol. The van der Waals surface area contributed by atoms with E-state index in [1.54, 1.807) is 68.4 Å². The molecule has 3 rings (SSSR count). The Balaban J connectivity index is 1.76. The number of aliphatic carboxylic acids is 1. The lowest BCUT2D eigenvalue weighted by molar-refractivity contribution is -0.142. The van der Waals surface area contributed by atoms with Crippen molar-refractivity contribution >= 4 is 23.7 Å². The number of aromatic hydroxyl groups is 2. The predicted molar refractivity (Wildman–Crippen MR) is 160 cm³/mol. The molecule has 0 aliphatic heterocycles. The van der Waals surface area contributed by atoms with Crippen molar-refractivity contribution in [2.45, 2.75) is 57.3 Å². The summed E-state index contributed by atoms with van der Waals surface area (Å²) < 4.78 is 0. The van der Waals surface area contributed by atoms with Crippen molar-refractivity contribution in [2.75, 3.05) is 0 Å². The number of nitrogens with two attached hydrogens (primary N) is 1. The van der Waals surface area contributed by atoms with Crippen LogP contribution >= 0.6 is 0 Å². The maximum Gasteiger partial charge on any atom is 0.326 e. The zero-order chi connectivity index (χ0) is 31.5. The maximum absolute atomic E-state index is 13.5. The molecule has 3 amide bonds. The summed E-state index contributed by atoms with van der Waals surface area (Å²) >= 11 is 0. The minimum absolute atomic E-state index is 0.00530. The normalized spacial score (nSPS) is 13.8. The second-order valence-electron chi connectivity index (χ2n) is 10.7. The lowest BCUT2D eigenvalue weighted by atomic mass is 9.99. The number of nitrogens with one attached hydrogen (secondary N) is 3. The van der Waals surface area contributed by atoms with Gasteiger partial charge in [0, 0.05) is 12.8 Å². The summed E-state index contributed by atoms with van der Waals surface area (Å²) in [6.07, 6.45) is 0.197. The number of carboxylic acid groups (broad SMARTS) is 1. The van der Waals surface area contributed by atoms with Crippen molar-refractivity contribution in [1.29, 1.82) is 0 Å². The number of hydrogen-bond donors (Lipinski definition) is 7. The van der Waals surface area contributed by atoms with E-state index in [-0.39, 0.29) is 36.7 Å². The molecule has 4 unspecified atom stereocenters. The third-order valence-electron chi connectivity index (χ3n) is 6.88. The molecule has 11 nitrogen and oxygen atoms in total. The first kappa shape index (κ1) is 32.6. The van der Waals surface area contributed by atoms with E-state index in [1.807, 2.05) is 0 Å². The van der Waals surface area contributed by atoms with Gasteiger partial charge >= 0.3 is 5.97 Å². The van der Waals surface area contributed by atoms with Crippen molar-refractivity contribution in [3.8, 4) is 11.5 Å². The van der Waals surface area contributed by atoms with Gasteiger partial charge in [-0.2, -0.15) is 0 Å². The van der Waals surface area contributed by atoms with E-state index in [9.17, 15) is 34.5 Å². The number of amides is 3. The Morgan fingerprint density at radius 1 is 0.628 bits per heavy atom. The predicted octanol–water partition coefficient (Wildman–Crippen LogP) is 1.65. The lowest BCUT2D eigenvalue weighted by Crippen LogP contribution is -2.59. The van der Waals surface area contributed by atoms with Crippen LogP contribution in [0.5, 0.6) is 11.5 Å². The molecule has 3 aromatic carbocycles. The van der Waals surface area contributed by atoms with Gasteiger partial charge in [-0.3, -0.25) is 14.4 Å². The summed E-state index contributed by atoms with van der Waals surface area (Å²) in [6.45, 7) is 3.46. The zero-order valence-corrected chi connectivity index (χ0v) is 24.1. The minimum Gasteiger partial charge on any atom is -0.508 e. The lowest BCUT2D eigenvalue weighted by Gasteiger charge is -2.27. The second-order valence-corrected chi connectivity index (χ2v) is 10.7. The van der Waals surface area contributed by atoms with Crippen molar-refractivity contribution in [1.82, 2.24) is 16.0 Å². The summed E-state index contributed by atoms with van der Waals surface area (Å²) in [4.78, 5) is 51.9. The van der Waals surface area contributed by atoms with Gasteiger partial charge in [0.05, 0.1) is 6.04 Å². The fourth-order valence-corrected chi connectivity index (χ4v) is 4.43. The molecule has 3 aromatic rings. The Labute approximate surface area is 250 Å². The molecule has 11 heteroatoms. The van der Waals surface area contributed by atoms with Crippen LogP contribution in [0.2, 0.25) is 0 Å². The van der Waals surface area contributed by atoms with Gasteiger partial charge in [-0.05, 0) is 53.3 Å². The van der Waals surface area contributed by atoms with E-state index in [0.717, 1.165) is 5.56 Å². The van der Waals surface area contributed by atoms with Gasteiger partial charge in [0.2, 0.25) is 17.7 Å². The molecule has 43 heavy (non-hydrogen) atoms. The van der Waals surface area contributed by atoms with Crippen LogP contribution in [-0.2, 0) is 38.4 Å². The van der Waals surface area contributed by atoms with Crippen LogP contribution in [0, 0.1) is 5.92 Å². The SMILES string of the molecule is CC(C)C(NC(=O)C(N)Cc1ccc(O)cc1)C(=O)NC(Cc1ccc(O)cc1)C(=O)NC(Cc1ccccc1)C(=O)O. The summed E-state index contributed by atoms with van der Waals surface area (Å²) in [5, 5.41) is 36.8. The van der Waals surface area contributed by atoms with Crippen molar-refractivity contribution in [3.63, 3.8) is 0 Å². The smallest absolute Gasteiger partial charge is 0.326 e. The third kappa shape index (κ3) is 10.2. The zero-order valence-electron chi connectivity index (χ0n) is 24.1. The minimum atomic E-state index is -1.26. The van der Waals surface area contributed by atoms with Crippen LogP contribution in [0.3, 0.4) is 0 Å². The van der Waals surface area contributed by atoms with Crippen LogP contribution < -0.4 is 21.7 Å². The fourth-order valence-electron chi connectivity index (χ4n) is 4.43. The third-order valence-corrected chi connectivity index (χ3v) is 6.88. The van der Waals surface area contributed by atoms with Crippen molar-refractivity contribution < 1.29 is 34.5 Å². The highest BCUT2D eigenvalue weighted by Crippen LogP contribution is 2.14. The van der Waals surface area contributed by atoms with Crippen LogP contribution in [0.1, 0.15) is 30.5 Å². The number of carbonyl (C=O) groups is 4. The van der Waals surface area contributed by atoms with E-state index >= 15 is 0 Å². The summed E-state index contributed by atoms with van der Waals surface area (Å²) in [5.41, 5.74) is 8.14. The molecule has 0 heterocycles. The van der Waals surface area contributed by atoms with Gasteiger partial charge in [0.25, 0.3) is 0 Å². The summed E-state index contributed by atoms with van der Waals surface area (Å²) in [7, 11) is 0. The molecule has 0 aliphatic rings. The van der Waals surface area contributed by atoms with Crippen molar-refractivity contribution in [3.05, 3.63) is 95.6 Å². The molecule has 0 fully saturated rings. The highest BCUT2D eigenvalue weighted by atomic mass is 16.4. The van der Waals surface area contributed by atoms with Crippen molar-refractivity contribution in [2.24, 2.45) is 11.7 Å². The Morgan fingerprint density at radius 2 is 1.09 bits per heavy atom. The molecule has 4 atom stereocenters. The van der Waals surface area contributed by atoms with E-state index in [4.69, 9.17) is 5.73 Å². The number of hydrogen-bond acceptors (Lipinski definition) is 7. The first-order valence-corrected chi connectivity index (χ1v) is 13.9. The molecular formula is C32H38N4O7. The Hall–Kier alpha value is -4.90. The Bertz CT molecular complexity index is 1380. The van der Waals surface area contributed by atoms with Gasteiger partial charge < -0.3 is 37.0 Å². The molecule has 0 spiro atoms. The second kappa shape index (κ2) is 15.4. The highest BCUT2D eigenvalue weighted by molar-refractivity contribution is 5.94. The first-order valence-electron chi connectivity index (χ1n) is 13.9. The molecule has 0 bridgehead atoms. The van der Waals surface area contributed by atoms with Gasteiger partial charge in [0.15, 0.2) is 0 Å². The standard InChI is InChI=1S/C32H38N4O7/c1-19(2)28(36-29(39)25(33)16-21-8-12-23(37)13-9-21)31(41)34-26(17-22-10-14-24(38)15-11-22)30(40)35-27(32(42)43)18-20-6-4-3-5-7-20/h3-15,19,25-28,37-38H,16-18,33H2,1-2H3,(H,34,41)(H,35,40)(H,36,39)(H,42,43). The first-order chi connectivity index (χ1) is 20.4. The summed E-state index contributed by atoms with van der Waals surface area (Å²) in [5.74, 6) is -3.45. The van der Waals surface area contributed by atoms with E-state index < -0.39 is 47.9 Å². The quantitative estimate of drug-likeness (QED) is 0.147. The fraction of sp³-hybridized carbons (Fsp3) is 0.312. The van der Waals surface area contributed by atoms with Crippen LogP contribution in [0.25, 0.3) is 0 Å². The van der Waals surface area contributed by atoms with Gasteiger partial charge in [0.1, 0.15) is 29.6 Å². The highest BCUT2D eigenvalue weighted by Gasteiger charge is 2.32. The molecule has 0 aromatic heterocycles. The molecule has 0 saturated heterocycles. The number of phenols is 2. The summed E-state index contributed by atoms with van der Waals surface area (Å²) in [6, 6.07) is 16.7. The van der Waals surface area contributed by atoms with E-state index in [1.165, 1.54) is 24.3 Å². The average Bonchev–Trinajstić information content (AvgIpc) is 2.97. The maximum atomic E-state index is 13.5.